The summed E-state index contributed by atoms with van der Waals surface area (Å²) in [6, 6.07) is 24.4. The predicted molar refractivity (Wildman–Crippen MR) is 150 cm³/mol. The van der Waals surface area contributed by atoms with Gasteiger partial charge in [0.2, 0.25) is 5.91 Å². The van der Waals surface area contributed by atoms with Crippen LogP contribution in [0.3, 0.4) is 0 Å². The Morgan fingerprint density at radius 3 is 2.02 bits per heavy atom. The van der Waals surface area contributed by atoms with Gasteiger partial charge in [-0.3, -0.25) is 14.4 Å². The molecule has 0 spiro atoms. The smallest absolute Gasteiger partial charge is 0.326 e. The quantitative estimate of drug-likeness (QED) is 0.383. The Morgan fingerprint density at radius 2 is 1.43 bits per heavy atom. The summed E-state index contributed by atoms with van der Waals surface area (Å²) < 4.78 is 0. The number of hydrogen-bond acceptors (Lipinski definition) is 4. The summed E-state index contributed by atoms with van der Waals surface area (Å²) in [5.74, 6) is -3.49. The zero-order valence-electron chi connectivity index (χ0n) is 22.3. The summed E-state index contributed by atoms with van der Waals surface area (Å²) in [5, 5.41) is 19.5. The molecule has 2 aliphatic rings. The van der Waals surface area contributed by atoms with Crippen molar-refractivity contribution in [3.63, 3.8) is 0 Å². The number of ketones is 1. The van der Waals surface area contributed by atoms with Gasteiger partial charge in [0.25, 0.3) is 0 Å². The molecule has 1 fully saturated rings. The standard InChI is InChI=1S/C33H33NO6/c35-29(33(21-30(36)37)19-25-9-4-5-10-26(25)20-33)18-27(31(38)34-16-6-11-28(34)32(39)40)17-22-12-14-24(15-13-22)23-7-2-1-3-8-23/h1-5,7-10,12-15,27-28H,6,11,16-21H2,(H,36,37)(H,39,40)/t27-,28+/m1/s1. The monoisotopic (exact) mass is 539 g/mol. The van der Waals surface area contributed by atoms with E-state index in [4.69, 9.17) is 0 Å². The van der Waals surface area contributed by atoms with Crippen molar-refractivity contribution in [2.45, 2.75) is 51.0 Å². The molecule has 0 saturated carbocycles. The molecule has 1 saturated heterocycles. The molecule has 0 aromatic heterocycles. The highest BCUT2D eigenvalue weighted by molar-refractivity contribution is 5.94. The van der Waals surface area contributed by atoms with Crippen LogP contribution in [-0.4, -0.2) is 51.3 Å². The SMILES string of the molecule is O=C(O)CC1(C(=O)C[C@@H](Cc2ccc(-c3ccccc3)cc2)C(=O)N2CCC[C@H]2C(=O)O)Cc2ccccc2C1. The molecule has 7 heteroatoms. The number of nitrogens with zero attached hydrogens (tertiary/aromatic N) is 1. The number of hydrogen-bond donors (Lipinski definition) is 2. The van der Waals surface area contributed by atoms with Gasteiger partial charge in [-0.05, 0) is 59.9 Å². The number of carbonyl (C=O) groups excluding carboxylic acids is 2. The summed E-state index contributed by atoms with van der Waals surface area (Å²) in [4.78, 5) is 53.0. The largest absolute Gasteiger partial charge is 0.481 e. The number of likely N-dealkylation sites (tertiary alicyclic amines) is 1. The minimum atomic E-state index is -1.12. The van der Waals surface area contributed by atoms with Gasteiger partial charge in [0.15, 0.2) is 0 Å². The molecule has 1 heterocycles. The number of carboxylic acid groups (broad SMARTS) is 2. The first-order valence-electron chi connectivity index (χ1n) is 13.8. The summed E-state index contributed by atoms with van der Waals surface area (Å²) >= 11 is 0. The molecule has 206 valence electrons. The normalized spacial score (nSPS) is 18.2. The fourth-order valence-corrected chi connectivity index (χ4v) is 6.36. The van der Waals surface area contributed by atoms with Crippen LogP contribution in [0.5, 0.6) is 0 Å². The maximum absolute atomic E-state index is 14.0. The first-order valence-corrected chi connectivity index (χ1v) is 13.8. The van der Waals surface area contributed by atoms with Crippen LogP contribution in [0.4, 0.5) is 0 Å². The van der Waals surface area contributed by atoms with E-state index in [-0.39, 0.29) is 31.0 Å². The highest BCUT2D eigenvalue weighted by atomic mass is 16.4. The number of fused-ring (bicyclic) bond motifs is 1. The number of rotatable bonds is 10. The van der Waals surface area contributed by atoms with E-state index in [0.717, 1.165) is 27.8 Å². The third-order valence-electron chi connectivity index (χ3n) is 8.40. The van der Waals surface area contributed by atoms with Crippen LogP contribution < -0.4 is 0 Å². The molecule has 0 unspecified atom stereocenters. The number of Topliss-reactive ketones (excluding diaryl/α,β-unsaturated/α-hetero) is 1. The first-order chi connectivity index (χ1) is 19.3. The van der Waals surface area contributed by atoms with Crippen LogP contribution in [0.1, 0.15) is 42.4 Å². The average molecular weight is 540 g/mol. The van der Waals surface area contributed by atoms with E-state index < -0.39 is 29.3 Å². The van der Waals surface area contributed by atoms with Crippen molar-refractivity contribution in [3.8, 4) is 11.1 Å². The van der Waals surface area contributed by atoms with Gasteiger partial charge in [-0.15, -0.1) is 0 Å². The molecular weight excluding hydrogens is 506 g/mol. The molecule has 1 aliphatic carbocycles. The molecule has 0 bridgehead atoms. The van der Waals surface area contributed by atoms with E-state index in [9.17, 15) is 29.4 Å². The zero-order valence-corrected chi connectivity index (χ0v) is 22.3. The first kappa shape index (κ1) is 27.3. The maximum Gasteiger partial charge on any atom is 0.326 e. The van der Waals surface area contributed by atoms with Gasteiger partial charge in [0, 0.05) is 24.3 Å². The lowest BCUT2D eigenvalue weighted by molar-refractivity contribution is -0.151. The Hall–Kier alpha value is -4.26. The lowest BCUT2D eigenvalue weighted by Gasteiger charge is -2.30. The van der Waals surface area contributed by atoms with Gasteiger partial charge >= 0.3 is 11.9 Å². The fourth-order valence-electron chi connectivity index (χ4n) is 6.36. The van der Waals surface area contributed by atoms with Gasteiger partial charge in [-0.1, -0.05) is 78.9 Å². The van der Waals surface area contributed by atoms with E-state index in [2.05, 4.69) is 0 Å². The molecule has 3 aromatic carbocycles. The van der Waals surface area contributed by atoms with Crippen molar-refractivity contribution in [1.82, 2.24) is 4.90 Å². The highest BCUT2D eigenvalue weighted by Crippen LogP contribution is 2.42. The molecule has 2 atom stereocenters. The minimum Gasteiger partial charge on any atom is -0.481 e. The maximum atomic E-state index is 14.0. The number of benzene rings is 3. The van der Waals surface area contributed by atoms with Crippen molar-refractivity contribution >= 4 is 23.6 Å². The number of carboxylic acids is 2. The lowest BCUT2D eigenvalue weighted by atomic mass is 9.73. The molecule has 40 heavy (non-hydrogen) atoms. The zero-order chi connectivity index (χ0) is 28.3. The van der Waals surface area contributed by atoms with Gasteiger partial charge in [0.1, 0.15) is 11.8 Å². The van der Waals surface area contributed by atoms with Gasteiger partial charge < -0.3 is 15.1 Å². The summed E-state index contributed by atoms with van der Waals surface area (Å²) in [7, 11) is 0. The van der Waals surface area contributed by atoms with Crippen molar-refractivity contribution in [2.24, 2.45) is 11.3 Å². The number of amides is 1. The average Bonchev–Trinajstić information content (AvgIpc) is 3.58. The van der Waals surface area contributed by atoms with Crippen LogP contribution >= 0.6 is 0 Å². The Bertz CT molecular complexity index is 1390. The van der Waals surface area contributed by atoms with Crippen LogP contribution in [0.2, 0.25) is 0 Å². The number of carbonyl (C=O) groups is 4. The Morgan fingerprint density at radius 1 is 0.825 bits per heavy atom. The molecule has 2 N–H and O–H groups in total. The molecule has 7 nitrogen and oxygen atoms in total. The van der Waals surface area contributed by atoms with E-state index in [1.165, 1.54) is 4.90 Å². The Labute approximate surface area is 233 Å². The van der Waals surface area contributed by atoms with E-state index in [0.29, 0.717) is 32.2 Å². The topological polar surface area (TPSA) is 112 Å². The van der Waals surface area contributed by atoms with Gasteiger partial charge in [-0.25, -0.2) is 4.79 Å². The van der Waals surface area contributed by atoms with Crippen molar-refractivity contribution in [2.75, 3.05) is 6.54 Å². The van der Waals surface area contributed by atoms with Gasteiger partial charge in [-0.2, -0.15) is 0 Å². The minimum absolute atomic E-state index is 0.136. The molecular formula is C33H33NO6. The van der Waals surface area contributed by atoms with E-state index >= 15 is 0 Å². The van der Waals surface area contributed by atoms with Crippen molar-refractivity contribution < 1.29 is 29.4 Å². The molecule has 1 aliphatic heterocycles. The van der Waals surface area contributed by atoms with E-state index in [1.807, 2.05) is 78.9 Å². The van der Waals surface area contributed by atoms with Crippen LogP contribution in [0, 0.1) is 11.3 Å². The Balaban J connectivity index is 1.42. The predicted octanol–water partition coefficient (Wildman–Crippen LogP) is 4.81. The highest BCUT2D eigenvalue weighted by Gasteiger charge is 2.47. The van der Waals surface area contributed by atoms with Crippen molar-refractivity contribution in [1.29, 1.82) is 0 Å². The van der Waals surface area contributed by atoms with Crippen LogP contribution in [0.15, 0.2) is 78.9 Å². The summed E-state index contributed by atoms with van der Waals surface area (Å²) in [5.41, 5.74) is 3.75. The lowest BCUT2D eigenvalue weighted by Crippen LogP contribution is -2.45. The summed E-state index contributed by atoms with van der Waals surface area (Å²) in [6.07, 6.45) is 1.43. The van der Waals surface area contributed by atoms with Crippen molar-refractivity contribution in [3.05, 3.63) is 95.6 Å². The molecule has 5 rings (SSSR count). The molecule has 1 amide bonds. The van der Waals surface area contributed by atoms with Crippen LogP contribution in [-0.2, 0) is 38.4 Å². The molecule has 0 radical (unpaired) electrons. The fraction of sp³-hybridized carbons (Fsp3) is 0.333. The Kier molecular flexibility index (Phi) is 7.83. The number of aliphatic carboxylic acids is 2. The second-order valence-electron chi connectivity index (χ2n) is 11.1. The molecule has 3 aromatic rings. The van der Waals surface area contributed by atoms with Crippen LogP contribution in [0.25, 0.3) is 11.1 Å². The third kappa shape index (κ3) is 5.69. The summed E-state index contributed by atoms with van der Waals surface area (Å²) in [6.45, 7) is 0.332. The van der Waals surface area contributed by atoms with E-state index in [1.54, 1.807) is 0 Å². The van der Waals surface area contributed by atoms with Gasteiger partial charge in [0.05, 0.1) is 6.42 Å². The second-order valence-corrected chi connectivity index (χ2v) is 11.1. The third-order valence-corrected chi connectivity index (χ3v) is 8.40. The second kappa shape index (κ2) is 11.5.